The lowest BCUT2D eigenvalue weighted by molar-refractivity contribution is -0.154. The Morgan fingerprint density at radius 2 is 0.930 bits per heavy atom. The van der Waals surface area contributed by atoms with Crippen LogP contribution in [0.1, 0.15) is 182 Å². The number of hydrogen-bond donors (Lipinski definition) is 0. The summed E-state index contributed by atoms with van der Waals surface area (Å²) in [7, 11) is 0. The second kappa shape index (κ2) is 20.1. The molecule has 0 aliphatic carbocycles. The number of ether oxygens (including phenoxy) is 3. The monoisotopic (exact) mass is 799 g/mol. The highest BCUT2D eigenvalue weighted by molar-refractivity contribution is 5.96. The predicted molar refractivity (Wildman–Crippen MR) is 226 cm³/mol. The van der Waals surface area contributed by atoms with E-state index in [1.54, 1.807) is 0 Å². The SMILES string of the molecule is C/C(=C\C(C)(C)CC(C)(C)C)CC1CC(=O)OC1=O.C/C(=C\C1CC(=O)OC1=O)CC(C)(C)CC(C)(C)C.C=C(CC1CC(=O)OC1=O)CC(C)(C)CC(C)(C)C. The average molecular weight is 799 g/mol. The van der Waals surface area contributed by atoms with Crippen LogP contribution in [0.5, 0.6) is 0 Å². The quantitative estimate of drug-likeness (QED) is 0.0773. The fourth-order valence-electron chi connectivity index (χ4n) is 9.76. The molecule has 57 heavy (non-hydrogen) atoms. The molecule has 9 heteroatoms. The molecule has 3 aliphatic heterocycles. The van der Waals surface area contributed by atoms with Gasteiger partial charge in [0, 0.05) is 0 Å². The molecule has 3 saturated heterocycles. The van der Waals surface area contributed by atoms with Crippen LogP contribution in [0.25, 0.3) is 0 Å². The number of allylic oxidation sites excluding steroid dienone is 4. The highest BCUT2D eigenvalue weighted by atomic mass is 16.6. The fourth-order valence-corrected chi connectivity index (χ4v) is 9.76. The minimum atomic E-state index is -0.409. The molecule has 0 amide bonds. The van der Waals surface area contributed by atoms with Gasteiger partial charge in [0.1, 0.15) is 0 Å². The first-order chi connectivity index (χ1) is 25.5. The minimum Gasteiger partial charge on any atom is -0.393 e. The Morgan fingerprint density at radius 1 is 0.544 bits per heavy atom. The van der Waals surface area contributed by atoms with Crippen LogP contribution in [0, 0.1) is 50.2 Å². The number of carbonyl (C=O) groups excluding carboxylic acids is 6. The van der Waals surface area contributed by atoms with Crippen LogP contribution in [-0.4, -0.2) is 35.8 Å². The van der Waals surface area contributed by atoms with E-state index in [4.69, 9.17) is 0 Å². The Hall–Kier alpha value is -3.36. The van der Waals surface area contributed by atoms with Crippen molar-refractivity contribution >= 4 is 35.8 Å². The first kappa shape index (κ1) is 51.7. The van der Waals surface area contributed by atoms with Gasteiger partial charge in [-0.3, -0.25) is 28.8 Å². The summed E-state index contributed by atoms with van der Waals surface area (Å²) >= 11 is 0. The van der Waals surface area contributed by atoms with Gasteiger partial charge in [0.2, 0.25) is 0 Å². The molecule has 3 atom stereocenters. The molecule has 3 fully saturated rings. The lowest BCUT2D eigenvalue weighted by atomic mass is 9.72. The molecule has 3 heterocycles. The number of carbonyl (C=O) groups is 6. The van der Waals surface area contributed by atoms with Crippen LogP contribution >= 0.6 is 0 Å². The Bertz CT molecular complexity index is 1550. The Balaban J connectivity index is 0.000000427. The van der Waals surface area contributed by atoms with Crippen molar-refractivity contribution in [3.63, 3.8) is 0 Å². The van der Waals surface area contributed by atoms with Gasteiger partial charge in [-0.1, -0.05) is 139 Å². The lowest BCUT2D eigenvalue weighted by Crippen LogP contribution is -2.22. The smallest absolute Gasteiger partial charge is 0.321 e. The number of hydrogen-bond acceptors (Lipinski definition) is 9. The molecule has 3 unspecified atom stereocenters. The van der Waals surface area contributed by atoms with Crippen molar-refractivity contribution in [3.05, 3.63) is 35.5 Å². The van der Waals surface area contributed by atoms with E-state index in [1.165, 1.54) is 0 Å². The largest absolute Gasteiger partial charge is 0.393 e. The van der Waals surface area contributed by atoms with Gasteiger partial charge in [0.15, 0.2) is 0 Å². The summed E-state index contributed by atoms with van der Waals surface area (Å²) in [6, 6.07) is 0. The molecule has 0 spiro atoms. The maximum Gasteiger partial charge on any atom is 0.321 e. The number of rotatable bonds is 13. The summed E-state index contributed by atoms with van der Waals surface area (Å²) in [5.41, 5.74) is 4.60. The average Bonchev–Trinajstić information content (AvgIpc) is 3.51. The zero-order chi connectivity index (χ0) is 44.5. The number of esters is 6. The van der Waals surface area contributed by atoms with E-state index >= 15 is 0 Å². The molecule has 0 bridgehead atoms. The van der Waals surface area contributed by atoms with Gasteiger partial charge in [-0.2, -0.15) is 0 Å². The van der Waals surface area contributed by atoms with Crippen molar-refractivity contribution in [1.29, 1.82) is 0 Å². The molecule has 0 radical (unpaired) electrons. The summed E-state index contributed by atoms with van der Waals surface area (Å²) in [4.78, 5) is 67.4. The molecule has 0 N–H and O–H groups in total. The van der Waals surface area contributed by atoms with Gasteiger partial charge in [0.05, 0.1) is 37.0 Å². The van der Waals surface area contributed by atoms with Crippen molar-refractivity contribution in [3.8, 4) is 0 Å². The Morgan fingerprint density at radius 3 is 1.30 bits per heavy atom. The molecule has 0 saturated carbocycles. The molecule has 3 rings (SSSR count). The van der Waals surface area contributed by atoms with Gasteiger partial charge in [-0.25, -0.2) is 0 Å². The Labute approximate surface area is 345 Å². The zero-order valence-electron chi connectivity index (χ0n) is 38.8. The van der Waals surface area contributed by atoms with Crippen molar-refractivity contribution in [2.24, 2.45) is 50.2 Å². The van der Waals surface area contributed by atoms with Crippen LogP contribution in [0.2, 0.25) is 0 Å². The Kier molecular flexibility index (Phi) is 18.2. The molecule has 9 nitrogen and oxygen atoms in total. The van der Waals surface area contributed by atoms with Gasteiger partial charge < -0.3 is 14.2 Å². The van der Waals surface area contributed by atoms with E-state index in [0.29, 0.717) is 12.8 Å². The first-order valence-corrected chi connectivity index (χ1v) is 20.7. The summed E-state index contributed by atoms with van der Waals surface area (Å²) in [6.45, 7) is 41.6. The lowest BCUT2D eigenvalue weighted by Gasteiger charge is -2.33. The highest BCUT2D eigenvalue weighted by Gasteiger charge is 2.36. The van der Waals surface area contributed by atoms with Gasteiger partial charge in [-0.15, -0.1) is 0 Å². The molecule has 324 valence electrons. The van der Waals surface area contributed by atoms with Crippen molar-refractivity contribution in [1.82, 2.24) is 0 Å². The molecule has 0 aromatic carbocycles. The van der Waals surface area contributed by atoms with Crippen LogP contribution < -0.4 is 0 Å². The van der Waals surface area contributed by atoms with Gasteiger partial charge in [-0.05, 0) is 91.3 Å². The van der Waals surface area contributed by atoms with Crippen LogP contribution in [0.15, 0.2) is 35.5 Å². The molecule has 3 aliphatic rings. The number of cyclic esters (lactones) is 6. The third kappa shape index (κ3) is 22.4. The van der Waals surface area contributed by atoms with Crippen LogP contribution in [0.3, 0.4) is 0 Å². The van der Waals surface area contributed by atoms with E-state index in [9.17, 15) is 28.8 Å². The van der Waals surface area contributed by atoms with Crippen molar-refractivity contribution in [2.45, 2.75) is 182 Å². The summed E-state index contributed by atoms with van der Waals surface area (Å²) in [5, 5.41) is 0. The summed E-state index contributed by atoms with van der Waals surface area (Å²) < 4.78 is 13.7. The van der Waals surface area contributed by atoms with E-state index < -0.39 is 23.9 Å². The highest BCUT2D eigenvalue weighted by Crippen LogP contribution is 2.40. The van der Waals surface area contributed by atoms with Crippen LogP contribution in [0.4, 0.5) is 0 Å². The third-order valence-electron chi connectivity index (χ3n) is 9.54. The maximum absolute atomic E-state index is 11.4. The molecule has 0 aromatic rings. The van der Waals surface area contributed by atoms with Crippen LogP contribution in [-0.2, 0) is 43.0 Å². The minimum absolute atomic E-state index is 0.0921. The van der Waals surface area contributed by atoms with E-state index in [-0.39, 0.29) is 81.4 Å². The van der Waals surface area contributed by atoms with Gasteiger partial charge in [0.25, 0.3) is 0 Å². The second-order valence-electron chi connectivity index (χ2n) is 23.0. The standard InChI is InChI=1S/3C16H26O3/c3*1-11(7-12-8-13(17)19-14(12)18)9-16(5,6)10-15(2,3)4/h9,12H,7-8,10H2,1-6H3;7,12H,8-10H2,1-6H3;12H,1,7-10H2,2-6H3/b11-9+;11-7+;. The zero-order valence-corrected chi connectivity index (χ0v) is 38.8. The molecular formula is C48H78O9. The fraction of sp³-hybridized carbons (Fsp3) is 0.750. The van der Waals surface area contributed by atoms with Crippen molar-refractivity contribution < 1.29 is 43.0 Å². The molecule has 0 aromatic heterocycles. The van der Waals surface area contributed by atoms with Crippen molar-refractivity contribution in [2.75, 3.05) is 0 Å². The van der Waals surface area contributed by atoms with Gasteiger partial charge >= 0.3 is 35.8 Å². The third-order valence-corrected chi connectivity index (χ3v) is 9.54. The summed E-state index contributed by atoms with van der Waals surface area (Å²) in [5.74, 6) is -3.34. The van der Waals surface area contributed by atoms with E-state index in [1.807, 2.05) is 19.9 Å². The maximum atomic E-state index is 11.4. The first-order valence-electron chi connectivity index (χ1n) is 20.7. The second-order valence-corrected chi connectivity index (χ2v) is 23.0. The normalized spacial score (nSPS) is 21.4. The van der Waals surface area contributed by atoms with E-state index in [0.717, 1.165) is 48.8 Å². The summed E-state index contributed by atoms with van der Waals surface area (Å²) in [6.07, 6.45) is 11.0. The molecular weight excluding hydrogens is 721 g/mol. The van der Waals surface area contributed by atoms with E-state index in [2.05, 4.69) is 131 Å². The predicted octanol–water partition coefficient (Wildman–Crippen LogP) is 11.6. The topological polar surface area (TPSA) is 130 Å².